The van der Waals surface area contributed by atoms with Crippen molar-refractivity contribution < 1.29 is 0 Å². The summed E-state index contributed by atoms with van der Waals surface area (Å²) in [5, 5.41) is 0. The maximum atomic E-state index is 3.66. The SMILES string of the molecule is C=C/C=C\C(=C)C.CCCCC(C)C. The van der Waals surface area contributed by atoms with E-state index in [2.05, 4.69) is 33.9 Å². The maximum absolute atomic E-state index is 3.66. The van der Waals surface area contributed by atoms with Crippen LogP contribution in [0.2, 0.25) is 0 Å². The lowest BCUT2D eigenvalue weighted by atomic mass is 10.1. The van der Waals surface area contributed by atoms with Crippen LogP contribution in [0.3, 0.4) is 0 Å². The van der Waals surface area contributed by atoms with Crippen molar-refractivity contribution in [2.75, 3.05) is 0 Å². The Morgan fingerprint density at radius 1 is 1.36 bits per heavy atom. The Bertz CT molecular complexity index is 161. The van der Waals surface area contributed by atoms with E-state index in [1.807, 2.05) is 19.1 Å². The fourth-order valence-corrected chi connectivity index (χ4v) is 0.845. The predicted octanol–water partition coefficient (Wildman–Crippen LogP) is 5.14. The maximum Gasteiger partial charge on any atom is -0.0404 e. The van der Waals surface area contributed by atoms with Gasteiger partial charge in [-0.1, -0.05) is 77.0 Å². The molecule has 0 rings (SSSR count). The summed E-state index contributed by atoms with van der Waals surface area (Å²) in [7, 11) is 0. The number of allylic oxidation sites excluding steroid dienone is 4. The van der Waals surface area contributed by atoms with Crippen molar-refractivity contribution in [1.29, 1.82) is 0 Å². The van der Waals surface area contributed by atoms with Crippen LogP contribution in [0.1, 0.15) is 47.0 Å². The van der Waals surface area contributed by atoms with Crippen molar-refractivity contribution in [1.82, 2.24) is 0 Å². The van der Waals surface area contributed by atoms with Gasteiger partial charge < -0.3 is 0 Å². The second kappa shape index (κ2) is 12.2. The van der Waals surface area contributed by atoms with Crippen molar-refractivity contribution in [3.63, 3.8) is 0 Å². The van der Waals surface area contributed by atoms with Crippen LogP contribution in [0.15, 0.2) is 37.0 Å². The molecule has 0 heteroatoms. The van der Waals surface area contributed by atoms with Crippen LogP contribution in [0.4, 0.5) is 0 Å². The van der Waals surface area contributed by atoms with E-state index < -0.39 is 0 Å². The third-order valence-corrected chi connectivity index (χ3v) is 1.65. The summed E-state index contributed by atoms with van der Waals surface area (Å²) < 4.78 is 0. The molecule has 0 aromatic rings. The molecular weight excluding hydrogens is 168 g/mol. The Morgan fingerprint density at radius 2 is 1.93 bits per heavy atom. The fourth-order valence-electron chi connectivity index (χ4n) is 0.845. The molecule has 0 aliphatic carbocycles. The van der Waals surface area contributed by atoms with Gasteiger partial charge in [0.2, 0.25) is 0 Å². The van der Waals surface area contributed by atoms with Crippen molar-refractivity contribution in [2.24, 2.45) is 5.92 Å². The molecule has 0 saturated carbocycles. The first-order valence-corrected chi connectivity index (χ1v) is 5.49. The highest BCUT2D eigenvalue weighted by atomic mass is 13.9. The summed E-state index contributed by atoms with van der Waals surface area (Å²) in [6.45, 7) is 15.9. The molecular formula is C14H26. The molecule has 0 heterocycles. The molecule has 0 atom stereocenters. The van der Waals surface area contributed by atoms with Crippen LogP contribution in [-0.4, -0.2) is 0 Å². The first-order valence-electron chi connectivity index (χ1n) is 5.49. The van der Waals surface area contributed by atoms with E-state index in [0.717, 1.165) is 11.5 Å². The van der Waals surface area contributed by atoms with E-state index in [1.165, 1.54) is 19.3 Å². The third-order valence-electron chi connectivity index (χ3n) is 1.65. The van der Waals surface area contributed by atoms with E-state index in [-0.39, 0.29) is 0 Å². The average Bonchev–Trinajstić information content (AvgIpc) is 2.12. The highest BCUT2D eigenvalue weighted by Gasteiger charge is 1.88. The Balaban J connectivity index is 0. The van der Waals surface area contributed by atoms with E-state index in [1.54, 1.807) is 6.08 Å². The molecule has 0 aromatic carbocycles. The van der Waals surface area contributed by atoms with Crippen molar-refractivity contribution in [3.8, 4) is 0 Å². The summed E-state index contributed by atoms with van der Waals surface area (Å²) in [5.41, 5.74) is 1.06. The van der Waals surface area contributed by atoms with Gasteiger partial charge in [-0.25, -0.2) is 0 Å². The van der Waals surface area contributed by atoms with Gasteiger partial charge in [0.15, 0.2) is 0 Å². The summed E-state index contributed by atoms with van der Waals surface area (Å²) in [6, 6.07) is 0. The standard InChI is InChI=1S/C7H16.C7H10/c2*1-4-5-6-7(2)3/h7H,4-6H2,1-3H3;4-6H,1-2H2,3H3/b;6-5-. The Hall–Kier alpha value is -0.780. The van der Waals surface area contributed by atoms with Crippen LogP contribution in [0, 0.1) is 5.92 Å². The zero-order chi connectivity index (χ0) is 11.4. The summed E-state index contributed by atoms with van der Waals surface area (Å²) in [6.07, 6.45) is 9.65. The van der Waals surface area contributed by atoms with Crippen molar-refractivity contribution >= 4 is 0 Å². The van der Waals surface area contributed by atoms with Gasteiger partial charge in [0, 0.05) is 0 Å². The predicted molar refractivity (Wildman–Crippen MR) is 68.5 cm³/mol. The molecule has 0 aliphatic heterocycles. The first-order chi connectivity index (χ1) is 6.54. The normalized spacial score (nSPS) is 9.79. The number of rotatable bonds is 5. The minimum atomic E-state index is 0.903. The number of hydrogen-bond donors (Lipinski definition) is 0. The first kappa shape index (κ1) is 15.7. The highest BCUT2D eigenvalue weighted by molar-refractivity contribution is 5.15. The molecule has 0 spiro atoms. The number of hydrogen-bond acceptors (Lipinski definition) is 0. The minimum absolute atomic E-state index is 0.903. The van der Waals surface area contributed by atoms with Crippen LogP contribution < -0.4 is 0 Å². The Morgan fingerprint density at radius 3 is 2.07 bits per heavy atom. The van der Waals surface area contributed by atoms with E-state index in [9.17, 15) is 0 Å². The lowest BCUT2D eigenvalue weighted by molar-refractivity contribution is 0.550. The van der Waals surface area contributed by atoms with Gasteiger partial charge in [0.05, 0.1) is 0 Å². The summed E-state index contributed by atoms with van der Waals surface area (Å²) in [4.78, 5) is 0. The zero-order valence-corrected chi connectivity index (χ0v) is 10.3. The van der Waals surface area contributed by atoms with Crippen molar-refractivity contribution in [3.05, 3.63) is 37.0 Å². The van der Waals surface area contributed by atoms with Crippen molar-refractivity contribution in [2.45, 2.75) is 47.0 Å². The smallest absolute Gasteiger partial charge is 0.0404 e. The molecule has 0 saturated heterocycles. The topological polar surface area (TPSA) is 0 Å². The zero-order valence-electron chi connectivity index (χ0n) is 10.3. The Labute approximate surface area is 90.4 Å². The van der Waals surface area contributed by atoms with Gasteiger partial charge in [0.25, 0.3) is 0 Å². The molecule has 14 heavy (non-hydrogen) atoms. The molecule has 0 nitrogen and oxygen atoms in total. The van der Waals surface area contributed by atoms with Crippen LogP contribution >= 0.6 is 0 Å². The average molecular weight is 194 g/mol. The minimum Gasteiger partial charge on any atom is -0.0991 e. The molecule has 0 radical (unpaired) electrons. The van der Waals surface area contributed by atoms with Gasteiger partial charge in [-0.05, 0) is 12.8 Å². The third kappa shape index (κ3) is 22.5. The molecule has 0 bridgehead atoms. The molecule has 0 unspecified atom stereocenters. The van der Waals surface area contributed by atoms with Gasteiger partial charge in [-0.15, -0.1) is 0 Å². The van der Waals surface area contributed by atoms with Gasteiger partial charge in [-0.2, -0.15) is 0 Å². The van der Waals surface area contributed by atoms with Crippen LogP contribution in [0.25, 0.3) is 0 Å². The molecule has 0 fully saturated rings. The lowest BCUT2D eigenvalue weighted by Gasteiger charge is -1.98. The van der Waals surface area contributed by atoms with E-state index >= 15 is 0 Å². The molecule has 0 aliphatic rings. The van der Waals surface area contributed by atoms with Crippen LogP contribution in [-0.2, 0) is 0 Å². The summed E-state index contributed by atoms with van der Waals surface area (Å²) in [5.74, 6) is 0.903. The lowest BCUT2D eigenvalue weighted by Crippen LogP contribution is -1.83. The molecule has 0 amide bonds. The second-order valence-corrected chi connectivity index (χ2v) is 3.98. The van der Waals surface area contributed by atoms with E-state index in [0.29, 0.717) is 0 Å². The number of unbranched alkanes of at least 4 members (excludes halogenated alkanes) is 1. The molecule has 82 valence electrons. The second-order valence-electron chi connectivity index (χ2n) is 3.98. The quantitative estimate of drug-likeness (QED) is 0.532. The van der Waals surface area contributed by atoms with Gasteiger partial charge in [-0.3, -0.25) is 0 Å². The monoisotopic (exact) mass is 194 g/mol. The Kier molecular flexibility index (Phi) is 13.7. The highest BCUT2D eigenvalue weighted by Crippen LogP contribution is 2.04. The van der Waals surface area contributed by atoms with E-state index in [4.69, 9.17) is 0 Å². The van der Waals surface area contributed by atoms with Gasteiger partial charge in [0.1, 0.15) is 0 Å². The fraction of sp³-hybridized carbons (Fsp3) is 0.571. The summed E-state index contributed by atoms with van der Waals surface area (Å²) >= 11 is 0. The largest absolute Gasteiger partial charge is 0.0991 e. The van der Waals surface area contributed by atoms with Gasteiger partial charge >= 0.3 is 0 Å². The van der Waals surface area contributed by atoms with Crippen LogP contribution in [0.5, 0.6) is 0 Å². The molecule has 0 N–H and O–H groups in total. The molecule has 0 aromatic heterocycles.